The third kappa shape index (κ3) is 4.39. The van der Waals surface area contributed by atoms with Crippen molar-refractivity contribution in [2.75, 3.05) is 20.8 Å². The highest BCUT2D eigenvalue weighted by molar-refractivity contribution is 5.92. The molecule has 0 saturated carbocycles. The Balaban J connectivity index is 2.29. The molecule has 1 N–H and O–H groups in total. The van der Waals surface area contributed by atoms with E-state index in [2.05, 4.69) is 23.7 Å². The van der Waals surface area contributed by atoms with E-state index in [0.29, 0.717) is 16.9 Å². The van der Waals surface area contributed by atoms with Crippen molar-refractivity contribution in [2.24, 2.45) is 0 Å². The lowest BCUT2D eigenvalue weighted by atomic mass is 10.1. The SMILES string of the molecule is COC(=O)c1ccc(C#Cc2cccc(C#CCO)c2)cc1OC. The standard InChI is InChI=1S/C20H16O4/c1-23-19-14-17(10-11-18(19)20(22)24-2)9-8-16-6-3-5-15(13-16)7-4-12-21/h3,5-6,10-11,13-14,21H,12H2,1-2H3. The zero-order valence-electron chi connectivity index (χ0n) is 13.4. The molecule has 0 aliphatic heterocycles. The third-order valence-electron chi connectivity index (χ3n) is 3.13. The molecule has 0 bridgehead atoms. The lowest BCUT2D eigenvalue weighted by Gasteiger charge is -2.06. The molecule has 24 heavy (non-hydrogen) atoms. The van der Waals surface area contributed by atoms with Crippen molar-refractivity contribution in [1.29, 1.82) is 0 Å². The monoisotopic (exact) mass is 320 g/mol. The van der Waals surface area contributed by atoms with Gasteiger partial charge >= 0.3 is 5.97 Å². The summed E-state index contributed by atoms with van der Waals surface area (Å²) in [5, 5.41) is 8.73. The average molecular weight is 320 g/mol. The predicted octanol–water partition coefficient (Wildman–Crippen LogP) is 2.23. The second kappa shape index (κ2) is 8.43. The number of carbonyl (C=O) groups excluding carboxylic acids is 1. The quantitative estimate of drug-likeness (QED) is 0.681. The van der Waals surface area contributed by atoms with Gasteiger partial charge in [-0.3, -0.25) is 0 Å². The van der Waals surface area contributed by atoms with Gasteiger partial charge in [-0.25, -0.2) is 4.79 Å². The minimum absolute atomic E-state index is 0.178. The number of esters is 1. The molecule has 0 spiro atoms. The van der Waals surface area contributed by atoms with Crippen molar-refractivity contribution in [3.05, 3.63) is 64.7 Å². The van der Waals surface area contributed by atoms with Crippen LogP contribution in [-0.4, -0.2) is 31.9 Å². The van der Waals surface area contributed by atoms with E-state index < -0.39 is 5.97 Å². The number of carbonyl (C=O) groups is 1. The first-order valence-corrected chi connectivity index (χ1v) is 7.16. The lowest BCUT2D eigenvalue weighted by Crippen LogP contribution is -2.04. The van der Waals surface area contributed by atoms with Crippen LogP contribution < -0.4 is 4.74 Å². The van der Waals surface area contributed by atoms with Crippen LogP contribution in [0.4, 0.5) is 0 Å². The van der Waals surface area contributed by atoms with E-state index in [0.717, 1.165) is 11.1 Å². The van der Waals surface area contributed by atoms with E-state index in [9.17, 15) is 4.79 Å². The predicted molar refractivity (Wildman–Crippen MR) is 90.7 cm³/mol. The molecule has 120 valence electrons. The van der Waals surface area contributed by atoms with Crippen molar-refractivity contribution in [3.8, 4) is 29.4 Å². The van der Waals surface area contributed by atoms with Gasteiger partial charge in [-0.2, -0.15) is 0 Å². The largest absolute Gasteiger partial charge is 0.496 e. The van der Waals surface area contributed by atoms with Gasteiger partial charge in [0.05, 0.1) is 14.2 Å². The van der Waals surface area contributed by atoms with Gasteiger partial charge in [0.25, 0.3) is 0 Å². The maximum Gasteiger partial charge on any atom is 0.341 e. The van der Waals surface area contributed by atoms with E-state index in [1.165, 1.54) is 14.2 Å². The number of hydrogen-bond acceptors (Lipinski definition) is 4. The van der Waals surface area contributed by atoms with Crippen LogP contribution in [0.2, 0.25) is 0 Å². The van der Waals surface area contributed by atoms with E-state index >= 15 is 0 Å². The Morgan fingerprint density at radius 1 is 1.00 bits per heavy atom. The zero-order valence-corrected chi connectivity index (χ0v) is 13.4. The van der Waals surface area contributed by atoms with Crippen LogP contribution in [-0.2, 0) is 4.74 Å². The van der Waals surface area contributed by atoms with Crippen molar-refractivity contribution in [3.63, 3.8) is 0 Å². The van der Waals surface area contributed by atoms with Crippen LogP contribution in [0.15, 0.2) is 42.5 Å². The molecule has 0 unspecified atom stereocenters. The third-order valence-corrected chi connectivity index (χ3v) is 3.13. The summed E-state index contributed by atoms with van der Waals surface area (Å²) in [6, 6.07) is 12.5. The summed E-state index contributed by atoms with van der Waals surface area (Å²) in [4.78, 5) is 11.6. The van der Waals surface area contributed by atoms with E-state index in [-0.39, 0.29) is 6.61 Å². The maximum absolute atomic E-state index is 11.6. The highest BCUT2D eigenvalue weighted by atomic mass is 16.5. The molecule has 4 nitrogen and oxygen atoms in total. The molecule has 4 heteroatoms. The summed E-state index contributed by atoms with van der Waals surface area (Å²) < 4.78 is 9.92. The zero-order chi connectivity index (χ0) is 17.4. The average Bonchev–Trinajstić information content (AvgIpc) is 2.64. The van der Waals surface area contributed by atoms with E-state index in [4.69, 9.17) is 14.6 Å². The van der Waals surface area contributed by atoms with Gasteiger partial charge in [0.2, 0.25) is 0 Å². The van der Waals surface area contributed by atoms with Crippen LogP contribution in [0.1, 0.15) is 27.0 Å². The number of ether oxygens (including phenoxy) is 2. The molecule has 0 amide bonds. The van der Waals surface area contributed by atoms with E-state index in [1.54, 1.807) is 18.2 Å². The Bertz CT molecular complexity index is 860. The van der Waals surface area contributed by atoms with Crippen LogP contribution in [0, 0.1) is 23.7 Å². The Morgan fingerprint density at radius 2 is 1.67 bits per heavy atom. The summed E-state index contributed by atoms with van der Waals surface area (Å²) in [6.07, 6.45) is 0. The highest BCUT2D eigenvalue weighted by Gasteiger charge is 2.12. The van der Waals surface area contributed by atoms with Crippen molar-refractivity contribution >= 4 is 5.97 Å². The lowest BCUT2D eigenvalue weighted by molar-refractivity contribution is 0.0597. The second-order valence-corrected chi connectivity index (χ2v) is 4.70. The number of benzene rings is 2. The summed E-state index contributed by atoms with van der Waals surface area (Å²) in [6.45, 7) is -0.178. The van der Waals surface area contributed by atoms with Gasteiger partial charge in [-0.05, 0) is 36.4 Å². The molecule has 0 fully saturated rings. The molecule has 0 aliphatic carbocycles. The Hall–Kier alpha value is -3.21. The van der Waals surface area contributed by atoms with Gasteiger partial charge in [-0.1, -0.05) is 29.7 Å². The van der Waals surface area contributed by atoms with Crippen LogP contribution in [0.3, 0.4) is 0 Å². The Morgan fingerprint density at radius 3 is 2.29 bits per heavy atom. The molecule has 0 saturated heterocycles. The van der Waals surface area contributed by atoms with Crippen molar-refractivity contribution < 1.29 is 19.4 Å². The van der Waals surface area contributed by atoms with Gasteiger partial charge in [0.15, 0.2) is 0 Å². The topological polar surface area (TPSA) is 55.8 Å². The van der Waals surface area contributed by atoms with Gasteiger partial charge in [0.1, 0.15) is 17.9 Å². The fraction of sp³-hybridized carbons (Fsp3) is 0.150. The van der Waals surface area contributed by atoms with E-state index in [1.807, 2.05) is 24.3 Å². The van der Waals surface area contributed by atoms with Gasteiger partial charge in [-0.15, -0.1) is 0 Å². The first-order valence-electron chi connectivity index (χ1n) is 7.16. The van der Waals surface area contributed by atoms with Crippen LogP contribution in [0.5, 0.6) is 5.75 Å². The summed E-state index contributed by atoms with van der Waals surface area (Å²) >= 11 is 0. The first kappa shape index (κ1) is 17.1. The number of methoxy groups -OCH3 is 2. The summed E-state index contributed by atoms with van der Waals surface area (Å²) in [7, 11) is 2.81. The Kier molecular flexibility index (Phi) is 6.02. The fourth-order valence-corrected chi connectivity index (χ4v) is 2.01. The van der Waals surface area contributed by atoms with Crippen LogP contribution in [0.25, 0.3) is 0 Å². The number of rotatable bonds is 2. The minimum atomic E-state index is -0.457. The first-order chi connectivity index (χ1) is 11.7. The maximum atomic E-state index is 11.6. The van der Waals surface area contributed by atoms with Gasteiger partial charge < -0.3 is 14.6 Å². The molecular formula is C20H16O4. The fourth-order valence-electron chi connectivity index (χ4n) is 2.01. The van der Waals surface area contributed by atoms with Crippen molar-refractivity contribution in [1.82, 2.24) is 0 Å². The highest BCUT2D eigenvalue weighted by Crippen LogP contribution is 2.20. The summed E-state index contributed by atoms with van der Waals surface area (Å²) in [5.74, 6) is 11.5. The molecular weight excluding hydrogens is 304 g/mol. The molecule has 2 rings (SSSR count). The number of aliphatic hydroxyl groups is 1. The van der Waals surface area contributed by atoms with Gasteiger partial charge in [0, 0.05) is 16.7 Å². The van der Waals surface area contributed by atoms with Crippen LogP contribution >= 0.6 is 0 Å². The normalized spacial score (nSPS) is 9.12. The molecule has 0 radical (unpaired) electrons. The molecule has 2 aromatic rings. The van der Waals surface area contributed by atoms with Crippen molar-refractivity contribution in [2.45, 2.75) is 0 Å². The second-order valence-electron chi connectivity index (χ2n) is 4.70. The smallest absolute Gasteiger partial charge is 0.341 e. The molecule has 0 aromatic heterocycles. The Labute approximate surface area is 141 Å². The summed E-state index contributed by atoms with van der Waals surface area (Å²) in [5.41, 5.74) is 2.66. The minimum Gasteiger partial charge on any atom is -0.496 e. The molecule has 0 heterocycles. The molecule has 0 aliphatic rings. The molecule has 2 aromatic carbocycles. The number of aliphatic hydroxyl groups excluding tert-OH is 1. The number of hydrogen-bond donors (Lipinski definition) is 1. The molecule has 0 atom stereocenters.